The molecule has 0 aliphatic carbocycles. The highest BCUT2D eigenvalue weighted by atomic mass is 16.5. The lowest BCUT2D eigenvalue weighted by molar-refractivity contribution is -0.148. The van der Waals surface area contributed by atoms with Gasteiger partial charge in [-0.15, -0.1) is 0 Å². The Morgan fingerprint density at radius 1 is 1.07 bits per heavy atom. The van der Waals surface area contributed by atoms with Gasteiger partial charge in [0.25, 0.3) is 11.7 Å². The third-order valence-electron chi connectivity index (χ3n) is 4.51. The predicted octanol–water partition coefficient (Wildman–Crippen LogP) is 2.59. The van der Waals surface area contributed by atoms with Crippen LogP contribution in [-0.2, 0) is 19.1 Å². The Morgan fingerprint density at radius 3 is 2.30 bits per heavy atom. The molecule has 0 aromatic heterocycles. The van der Waals surface area contributed by atoms with Gasteiger partial charge in [0.05, 0.1) is 18.7 Å². The summed E-state index contributed by atoms with van der Waals surface area (Å²) < 4.78 is 4.66. The van der Waals surface area contributed by atoms with Gasteiger partial charge in [-0.05, 0) is 12.5 Å². The molecule has 1 N–H and O–H groups in total. The van der Waals surface area contributed by atoms with Crippen molar-refractivity contribution in [2.75, 3.05) is 13.7 Å². The zero-order valence-electron chi connectivity index (χ0n) is 15.0. The van der Waals surface area contributed by atoms with E-state index >= 15 is 0 Å². The van der Waals surface area contributed by atoms with Gasteiger partial charge in [0.15, 0.2) is 0 Å². The van der Waals surface area contributed by atoms with Crippen molar-refractivity contribution in [3.05, 3.63) is 76.9 Å². The van der Waals surface area contributed by atoms with E-state index in [1.807, 2.05) is 19.1 Å². The highest BCUT2D eigenvalue weighted by Crippen LogP contribution is 2.39. The Kier molecular flexibility index (Phi) is 5.07. The van der Waals surface area contributed by atoms with Crippen molar-refractivity contribution in [1.82, 2.24) is 4.90 Å². The fraction of sp³-hybridized carbons (Fsp3) is 0.190. The molecule has 1 heterocycles. The average molecular weight is 365 g/mol. The first-order valence-corrected chi connectivity index (χ1v) is 8.41. The van der Waals surface area contributed by atoms with E-state index in [2.05, 4.69) is 4.74 Å². The maximum Gasteiger partial charge on any atom is 0.325 e. The number of aliphatic hydroxyl groups is 1. The molecule has 0 spiro atoms. The summed E-state index contributed by atoms with van der Waals surface area (Å²) in [6.45, 7) is 1.53. The van der Waals surface area contributed by atoms with E-state index in [-0.39, 0.29) is 17.9 Å². The maximum absolute atomic E-state index is 12.7. The normalized spacial score (nSPS) is 18.6. The number of ketones is 1. The molecule has 0 unspecified atom stereocenters. The van der Waals surface area contributed by atoms with Crippen LogP contribution in [-0.4, -0.2) is 41.3 Å². The summed E-state index contributed by atoms with van der Waals surface area (Å²) in [6.07, 6.45) is 0. The third-order valence-corrected chi connectivity index (χ3v) is 4.51. The van der Waals surface area contributed by atoms with Crippen molar-refractivity contribution in [1.29, 1.82) is 0 Å². The number of likely N-dealkylation sites (tertiary alicyclic amines) is 1. The van der Waals surface area contributed by atoms with Gasteiger partial charge in [0, 0.05) is 5.56 Å². The van der Waals surface area contributed by atoms with Crippen LogP contribution in [0.1, 0.15) is 22.7 Å². The number of amides is 1. The summed E-state index contributed by atoms with van der Waals surface area (Å²) in [7, 11) is 1.21. The summed E-state index contributed by atoms with van der Waals surface area (Å²) in [4.78, 5) is 38.2. The lowest BCUT2D eigenvalue weighted by Crippen LogP contribution is -2.35. The summed E-state index contributed by atoms with van der Waals surface area (Å²) in [5, 5.41) is 10.8. The second-order valence-electron chi connectivity index (χ2n) is 6.28. The molecule has 0 radical (unpaired) electrons. The van der Waals surface area contributed by atoms with E-state index in [0.29, 0.717) is 11.1 Å². The van der Waals surface area contributed by atoms with Crippen LogP contribution in [0.25, 0.3) is 5.76 Å². The van der Waals surface area contributed by atoms with E-state index in [0.717, 1.165) is 10.5 Å². The molecular weight excluding hydrogens is 346 g/mol. The van der Waals surface area contributed by atoms with Gasteiger partial charge in [-0.3, -0.25) is 14.4 Å². The molecule has 27 heavy (non-hydrogen) atoms. The summed E-state index contributed by atoms with van der Waals surface area (Å²) in [5.74, 6) is -2.59. The van der Waals surface area contributed by atoms with Gasteiger partial charge in [0.2, 0.25) is 0 Å². The SMILES string of the molecule is COC(=O)CN1C(=O)C(=O)C(=C(O)c2ccccc2)[C@@H]1c1ccc(C)cc1. The Labute approximate surface area is 156 Å². The van der Waals surface area contributed by atoms with Crippen LogP contribution in [0.4, 0.5) is 0 Å². The number of benzene rings is 2. The second-order valence-corrected chi connectivity index (χ2v) is 6.28. The standard InChI is InChI=1S/C21H19NO5/c1-13-8-10-14(11-9-13)18-17(19(24)15-6-4-3-5-7-15)20(25)21(26)22(18)12-16(23)27-2/h3-11,18,24H,12H2,1-2H3/t18-/m0/s1. The number of esters is 1. The minimum absolute atomic E-state index is 0.0426. The molecule has 1 fully saturated rings. The van der Waals surface area contributed by atoms with E-state index in [1.54, 1.807) is 42.5 Å². The number of nitrogens with zero attached hydrogens (tertiary/aromatic N) is 1. The number of rotatable bonds is 4. The van der Waals surface area contributed by atoms with E-state index in [4.69, 9.17) is 0 Å². The topological polar surface area (TPSA) is 83.9 Å². The molecule has 2 aromatic carbocycles. The molecule has 1 aliphatic rings. The van der Waals surface area contributed by atoms with Crippen LogP contribution in [0.2, 0.25) is 0 Å². The highest BCUT2D eigenvalue weighted by molar-refractivity contribution is 6.46. The largest absolute Gasteiger partial charge is 0.507 e. The molecule has 1 amide bonds. The van der Waals surface area contributed by atoms with Gasteiger partial charge >= 0.3 is 5.97 Å². The first kappa shape index (κ1) is 18.4. The molecular formula is C21H19NO5. The molecule has 0 bridgehead atoms. The van der Waals surface area contributed by atoms with Crippen molar-refractivity contribution in [3.63, 3.8) is 0 Å². The zero-order valence-corrected chi connectivity index (χ0v) is 15.0. The van der Waals surface area contributed by atoms with Crippen molar-refractivity contribution in [2.24, 2.45) is 0 Å². The van der Waals surface area contributed by atoms with E-state index < -0.39 is 23.7 Å². The van der Waals surface area contributed by atoms with Crippen molar-refractivity contribution < 1.29 is 24.2 Å². The first-order valence-electron chi connectivity index (χ1n) is 8.41. The molecule has 1 aliphatic heterocycles. The molecule has 3 rings (SSSR count). The van der Waals surface area contributed by atoms with Crippen molar-refractivity contribution in [2.45, 2.75) is 13.0 Å². The number of hydrogen-bond donors (Lipinski definition) is 1. The van der Waals surface area contributed by atoms with Crippen LogP contribution in [0.5, 0.6) is 0 Å². The zero-order chi connectivity index (χ0) is 19.6. The number of ether oxygens (including phenoxy) is 1. The molecule has 1 atom stereocenters. The smallest absolute Gasteiger partial charge is 0.325 e. The van der Waals surface area contributed by atoms with Crippen molar-refractivity contribution >= 4 is 23.4 Å². The monoisotopic (exact) mass is 365 g/mol. The number of methoxy groups -OCH3 is 1. The van der Waals surface area contributed by atoms with Crippen LogP contribution >= 0.6 is 0 Å². The Morgan fingerprint density at radius 2 is 1.70 bits per heavy atom. The number of aryl methyl sites for hydroxylation is 1. The minimum atomic E-state index is -0.870. The number of hydrogen-bond acceptors (Lipinski definition) is 5. The molecule has 138 valence electrons. The first-order chi connectivity index (χ1) is 12.9. The van der Waals surface area contributed by atoms with Gasteiger partial charge in [0.1, 0.15) is 12.3 Å². The van der Waals surface area contributed by atoms with Gasteiger partial charge in [-0.25, -0.2) is 0 Å². The molecule has 1 saturated heterocycles. The highest BCUT2D eigenvalue weighted by Gasteiger charge is 2.46. The fourth-order valence-corrected chi connectivity index (χ4v) is 3.09. The Hall–Kier alpha value is -3.41. The Balaban J connectivity index is 2.17. The number of carbonyl (C=O) groups is 3. The lowest BCUT2D eigenvalue weighted by atomic mass is 9.95. The fourth-order valence-electron chi connectivity index (χ4n) is 3.09. The van der Waals surface area contributed by atoms with Crippen LogP contribution in [0.15, 0.2) is 60.2 Å². The van der Waals surface area contributed by atoms with Gasteiger partial charge in [-0.1, -0.05) is 60.2 Å². The third kappa shape index (κ3) is 3.46. The molecule has 6 nitrogen and oxygen atoms in total. The van der Waals surface area contributed by atoms with Crippen LogP contribution in [0.3, 0.4) is 0 Å². The summed E-state index contributed by atoms with van der Waals surface area (Å²) in [5.41, 5.74) is 2.01. The number of carbonyl (C=O) groups excluding carboxylic acids is 3. The van der Waals surface area contributed by atoms with E-state index in [1.165, 1.54) is 7.11 Å². The summed E-state index contributed by atoms with van der Waals surface area (Å²) >= 11 is 0. The number of Topliss-reactive ketones (excluding diaryl/α,β-unsaturated/α-hetero) is 1. The van der Waals surface area contributed by atoms with Crippen LogP contribution in [0, 0.1) is 6.92 Å². The van der Waals surface area contributed by atoms with Crippen molar-refractivity contribution in [3.8, 4) is 0 Å². The Bertz CT molecular complexity index is 915. The molecule has 6 heteroatoms. The molecule has 2 aromatic rings. The maximum atomic E-state index is 12.7. The minimum Gasteiger partial charge on any atom is -0.507 e. The predicted molar refractivity (Wildman–Crippen MR) is 98.6 cm³/mol. The summed E-state index contributed by atoms with van der Waals surface area (Å²) in [6, 6.07) is 14.9. The number of aliphatic hydroxyl groups excluding tert-OH is 1. The van der Waals surface area contributed by atoms with Gasteiger partial charge in [-0.2, -0.15) is 0 Å². The molecule has 0 saturated carbocycles. The van der Waals surface area contributed by atoms with Crippen LogP contribution < -0.4 is 0 Å². The van der Waals surface area contributed by atoms with Gasteiger partial charge < -0.3 is 14.7 Å². The average Bonchev–Trinajstić information content (AvgIpc) is 2.93. The quantitative estimate of drug-likeness (QED) is 0.390. The van der Waals surface area contributed by atoms with E-state index in [9.17, 15) is 19.5 Å². The second kappa shape index (κ2) is 7.45. The lowest BCUT2D eigenvalue weighted by Gasteiger charge is -2.24.